The second-order valence-corrected chi connectivity index (χ2v) is 7.48. The molecule has 0 fully saturated rings. The molecule has 5 nitrogen and oxygen atoms in total. The van der Waals surface area contributed by atoms with Gasteiger partial charge in [0.2, 0.25) is 0 Å². The summed E-state index contributed by atoms with van der Waals surface area (Å²) >= 11 is 0. The van der Waals surface area contributed by atoms with Crippen LogP contribution in [0.3, 0.4) is 0 Å². The molecule has 0 atom stereocenters. The zero-order valence-corrected chi connectivity index (χ0v) is 18.2. The number of carbonyl (C=O) groups is 2. The van der Waals surface area contributed by atoms with Gasteiger partial charge in [-0.25, -0.2) is 0 Å². The van der Waals surface area contributed by atoms with E-state index < -0.39 is 23.6 Å². The van der Waals surface area contributed by atoms with Crippen LogP contribution in [-0.2, 0) is 6.18 Å². The highest BCUT2D eigenvalue weighted by atomic mass is 19.4. The van der Waals surface area contributed by atoms with Gasteiger partial charge in [-0.2, -0.15) is 13.2 Å². The van der Waals surface area contributed by atoms with Crippen molar-refractivity contribution in [3.8, 4) is 11.5 Å². The van der Waals surface area contributed by atoms with E-state index in [-0.39, 0.29) is 28.3 Å². The lowest BCUT2D eigenvalue weighted by Crippen LogP contribution is -2.16. The molecule has 0 bridgehead atoms. The molecule has 0 aliphatic heterocycles. The van der Waals surface area contributed by atoms with E-state index in [1.165, 1.54) is 24.3 Å². The molecule has 4 aromatic rings. The van der Waals surface area contributed by atoms with Gasteiger partial charge in [0.05, 0.1) is 11.1 Å². The van der Waals surface area contributed by atoms with Gasteiger partial charge in [-0.1, -0.05) is 48.5 Å². The van der Waals surface area contributed by atoms with Gasteiger partial charge in [-0.05, 0) is 54.6 Å². The molecule has 4 aromatic carbocycles. The predicted octanol–water partition coefficient (Wildman–Crippen LogP) is 7.00. The van der Waals surface area contributed by atoms with Crippen LogP contribution in [0.5, 0.6) is 11.5 Å². The van der Waals surface area contributed by atoms with E-state index in [2.05, 4.69) is 10.6 Å². The van der Waals surface area contributed by atoms with Crippen LogP contribution in [0.15, 0.2) is 103 Å². The monoisotopic (exact) mass is 476 g/mol. The van der Waals surface area contributed by atoms with Crippen molar-refractivity contribution in [3.63, 3.8) is 0 Å². The molecule has 35 heavy (non-hydrogen) atoms. The van der Waals surface area contributed by atoms with Gasteiger partial charge in [0.15, 0.2) is 0 Å². The number of anilines is 2. The molecule has 2 N–H and O–H groups in total. The summed E-state index contributed by atoms with van der Waals surface area (Å²) in [7, 11) is 0. The summed E-state index contributed by atoms with van der Waals surface area (Å²) in [5.41, 5.74) is -0.862. The Balaban J connectivity index is 1.61. The number of alkyl halides is 3. The Hall–Kier alpha value is -4.59. The van der Waals surface area contributed by atoms with Crippen molar-refractivity contribution in [2.24, 2.45) is 0 Å². The molecule has 0 aromatic heterocycles. The highest BCUT2D eigenvalue weighted by Gasteiger charge is 2.31. The molecule has 0 unspecified atom stereocenters. The Morgan fingerprint density at radius 2 is 1.20 bits per heavy atom. The Morgan fingerprint density at radius 1 is 0.657 bits per heavy atom. The van der Waals surface area contributed by atoms with Crippen molar-refractivity contribution in [3.05, 3.63) is 120 Å². The summed E-state index contributed by atoms with van der Waals surface area (Å²) in [4.78, 5) is 25.4. The second-order valence-electron chi connectivity index (χ2n) is 7.48. The minimum absolute atomic E-state index is 0.113. The van der Waals surface area contributed by atoms with Crippen molar-refractivity contribution < 1.29 is 27.5 Å². The van der Waals surface area contributed by atoms with Gasteiger partial charge < -0.3 is 15.4 Å². The number of carbonyl (C=O) groups excluding carboxylic acids is 2. The van der Waals surface area contributed by atoms with Crippen LogP contribution in [-0.4, -0.2) is 11.8 Å². The lowest BCUT2D eigenvalue weighted by atomic mass is 10.1. The highest BCUT2D eigenvalue weighted by molar-refractivity contribution is 6.07. The van der Waals surface area contributed by atoms with Gasteiger partial charge in [0.25, 0.3) is 11.8 Å². The fourth-order valence-electron chi connectivity index (χ4n) is 3.29. The average molecular weight is 476 g/mol. The Bertz CT molecular complexity index is 1340. The molecule has 4 rings (SSSR count). The minimum atomic E-state index is -4.69. The van der Waals surface area contributed by atoms with E-state index >= 15 is 0 Å². The molecular formula is C27H19F3N2O3. The number of hydrogen-bond acceptors (Lipinski definition) is 3. The van der Waals surface area contributed by atoms with Crippen LogP contribution in [0, 0.1) is 0 Å². The zero-order valence-electron chi connectivity index (χ0n) is 18.2. The molecule has 0 aliphatic rings. The van der Waals surface area contributed by atoms with Crippen molar-refractivity contribution >= 4 is 23.2 Å². The van der Waals surface area contributed by atoms with E-state index in [9.17, 15) is 22.8 Å². The topological polar surface area (TPSA) is 67.4 Å². The average Bonchev–Trinajstić information content (AvgIpc) is 2.85. The van der Waals surface area contributed by atoms with Gasteiger partial charge in [0, 0.05) is 16.9 Å². The third kappa shape index (κ3) is 6.05. The maximum Gasteiger partial charge on any atom is 0.416 e. The van der Waals surface area contributed by atoms with Crippen LogP contribution in [0.25, 0.3) is 0 Å². The molecule has 0 saturated carbocycles. The Kier molecular flexibility index (Phi) is 6.82. The molecule has 8 heteroatoms. The highest BCUT2D eigenvalue weighted by Crippen LogP contribution is 2.34. The number of benzene rings is 4. The first-order valence-corrected chi connectivity index (χ1v) is 10.5. The van der Waals surface area contributed by atoms with Crippen LogP contribution >= 0.6 is 0 Å². The van der Waals surface area contributed by atoms with Gasteiger partial charge >= 0.3 is 6.18 Å². The van der Waals surface area contributed by atoms with Crippen LogP contribution in [0.4, 0.5) is 24.5 Å². The summed E-state index contributed by atoms with van der Waals surface area (Å²) in [5.74, 6) is -0.515. The van der Waals surface area contributed by atoms with Crippen LogP contribution in [0.2, 0.25) is 0 Å². The molecular weight excluding hydrogens is 457 g/mol. The summed E-state index contributed by atoms with van der Waals surface area (Å²) in [6.07, 6.45) is -4.69. The SMILES string of the molecule is O=C(Nc1cc(NC(=O)c2ccccc2Oc2ccccc2)cc(C(F)(F)F)c1)c1ccccc1. The number of para-hydroxylation sites is 2. The van der Waals surface area contributed by atoms with Gasteiger partial charge in [-0.3, -0.25) is 9.59 Å². The number of nitrogens with one attached hydrogen (secondary N) is 2. The van der Waals surface area contributed by atoms with Crippen molar-refractivity contribution in [1.82, 2.24) is 0 Å². The smallest absolute Gasteiger partial charge is 0.416 e. The van der Waals surface area contributed by atoms with E-state index in [0.717, 1.165) is 12.1 Å². The molecule has 0 radical (unpaired) electrons. The fraction of sp³-hybridized carbons (Fsp3) is 0.0370. The first-order valence-electron chi connectivity index (χ1n) is 10.5. The number of ether oxygens (including phenoxy) is 1. The van der Waals surface area contributed by atoms with Gasteiger partial charge in [-0.15, -0.1) is 0 Å². The van der Waals surface area contributed by atoms with Crippen LogP contribution < -0.4 is 15.4 Å². The first-order chi connectivity index (χ1) is 16.8. The number of rotatable bonds is 6. The Morgan fingerprint density at radius 3 is 1.83 bits per heavy atom. The minimum Gasteiger partial charge on any atom is -0.457 e. The summed E-state index contributed by atoms with van der Waals surface area (Å²) in [6.45, 7) is 0. The largest absolute Gasteiger partial charge is 0.457 e. The summed E-state index contributed by atoms with van der Waals surface area (Å²) in [6, 6.07) is 26.1. The molecule has 0 aliphatic carbocycles. The standard InChI is InChI=1S/C27H19F3N2O3/c28-27(29,30)19-15-20(31-25(33)18-9-3-1-4-10-18)17-21(16-19)32-26(34)23-13-7-8-14-24(23)35-22-11-5-2-6-12-22/h1-17H,(H,31,33)(H,32,34). The van der Waals surface area contributed by atoms with E-state index in [1.54, 1.807) is 60.7 Å². The number of hydrogen-bond donors (Lipinski definition) is 2. The molecule has 0 spiro atoms. The molecule has 176 valence electrons. The summed E-state index contributed by atoms with van der Waals surface area (Å²) < 4.78 is 46.4. The van der Waals surface area contributed by atoms with Crippen molar-refractivity contribution in [1.29, 1.82) is 0 Å². The molecule has 0 saturated heterocycles. The van der Waals surface area contributed by atoms with Crippen molar-refractivity contribution in [2.75, 3.05) is 10.6 Å². The summed E-state index contributed by atoms with van der Waals surface area (Å²) in [5, 5.41) is 4.93. The quantitative estimate of drug-likeness (QED) is 0.315. The third-order valence-corrected chi connectivity index (χ3v) is 4.91. The Labute approximate surface area is 199 Å². The first kappa shape index (κ1) is 23.6. The van der Waals surface area contributed by atoms with E-state index in [1.807, 2.05) is 6.07 Å². The fourth-order valence-corrected chi connectivity index (χ4v) is 3.29. The van der Waals surface area contributed by atoms with Crippen LogP contribution in [0.1, 0.15) is 26.3 Å². The predicted molar refractivity (Wildman–Crippen MR) is 127 cm³/mol. The zero-order chi connectivity index (χ0) is 24.8. The maximum absolute atomic E-state index is 13.5. The van der Waals surface area contributed by atoms with Gasteiger partial charge in [0.1, 0.15) is 11.5 Å². The lowest BCUT2D eigenvalue weighted by Gasteiger charge is -2.15. The number of halogens is 3. The van der Waals surface area contributed by atoms with E-state index in [0.29, 0.717) is 5.75 Å². The maximum atomic E-state index is 13.5. The third-order valence-electron chi connectivity index (χ3n) is 4.91. The lowest BCUT2D eigenvalue weighted by molar-refractivity contribution is -0.137. The second kappa shape index (κ2) is 10.1. The number of amides is 2. The van der Waals surface area contributed by atoms with Crippen molar-refractivity contribution in [2.45, 2.75) is 6.18 Å². The molecule has 0 heterocycles. The van der Waals surface area contributed by atoms with E-state index in [4.69, 9.17) is 4.74 Å². The normalized spacial score (nSPS) is 10.9. The molecule has 2 amide bonds.